The second-order valence-corrected chi connectivity index (χ2v) is 11.1. The summed E-state index contributed by atoms with van der Waals surface area (Å²) < 4.78 is 51.2. The third-order valence-electron chi connectivity index (χ3n) is 3.66. The van der Waals surface area contributed by atoms with Gasteiger partial charge in [-0.1, -0.05) is 46.8 Å². The average molecular weight is 640 g/mol. The smallest absolute Gasteiger partial charge is 0.317 e. The van der Waals surface area contributed by atoms with Crippen LogP contribution < -0.4 is 9.66 Å². The number of nitrogens with zero attached hydrogens (tertiary/aromatic N) is 2. The summed E-state index contributed by atoms with van der Waals surface area (Å²) in [6, 6.07) is 12.0. The molecule has 184 valence electrons. The van der Waals surface area contributed by atoms with Gasteiger partial charge in [0.15, 0.2) is 0 Å². The van der Waals surface area contributed by atoms with Crippen molar-refractivity contribution < 1.29 is 31.3 Å². The molecular weight excluding hydrogens is 620 g/mol. The van der Waals surface area contributed by atoms with Crippen LogP contribution in [0.15, 0.2) is 92.6 Å². The standard InChI is InChI=1S/C19H20Br2N4O7S2/c1-3-13-24(22-33(27,28)17-11-7-5-9-15(17)20)31-19(26)32-25(14-4-2)23-34(29,30)18-12-8-6-10-16(18)21/h3-12,22-23H,1-2,13-14H2. The topological polar surface area (TPSA) is 134 Å². The number of carbonyl (C=O) groups is 1. The number of hydrogen-bond donors (Lipinski definition) is 2. The number of rotatable bonds is 12. The van der Waals surface area contributed by atoms with Crippen molar-refractivity contribution in [2.24, 2.45) is 0 Å². The summed E-state index contributed by atoms with van der Waals surface area (Å²) in [4.78, 5) is 26.0. The van der Waals surface area contributed by atoms with Gasteiger partial charge in [0.2, 0.25) is 0 Å². The van der Waals surface area contributed by atoms with E-state index in [2.05, 4.69) is 54.7 Å². The van der Waals surface area contributed by atoms with Crippen molar-refractivity contribution in [3.8, 4) is 0 Å². The van der Waals surface area contributed by atoms with E-state index in [0.29, 0.717) is 10.3 Å². The van der Waals surface area contributed by atoms with E-state index >= 15 is 0 Å². The molecule has 15 heteroatoms. The molecule has 0 aliphatic rings. The van der Waals surface area contributed by atoms with Gasteiger partial charge in [-0.3, -0.25) is 0 Å². The van der Waals surface area contributed by atoms with Crippen molar-refractivity contribution in [3.05, 3.63) is 82.8 Å². The van der Waals surface area contributed by atoms with Gasteiger partial charge < -0.3 is 9.68 Å². The molecule has 2 N–H and O–H groups in total. The van der Waals surface area contributed by atoms with Crippen LogP contribution in [0.5, 0.6) is 0 Å². The lowest BCUT2D eigenvalue weighted by molar-refractivity contribution is -0.198. The second kappa shape index (κ2) is 12.6. The fraction of sp³-hybridized carbons (Fsp3) is 0.105. The van der Waals surface area contributed by atoms with Gasteiger partial charge in [-0.2, -0.15) is 4.79 Å². The maximum Gasteiger partial charge on any atom is 0.550 e. The first-order valence-corrected chi connectivity index (χ1v) is 13.8. The largest absolute Gasteiger partial charge is 0.550 e. The van der Waals surface area contributed by atoms with Gasteiger partial charge in [0.1, 0.15) is 0 Å². The van der Waals surface area contributed by atoms with Gasteiger partial charge in [0.05, 0.1) is 22.9 Å². The normalized spacial score (nSPS) is 11.9. The molecular formula is C19H20Br2N4O7S2. The number of hydroxylamine groups is 2. The Morgan fingerprint density at radius 2 is 1.15 bits per heavy atom. The van der Waals surface area contributed by atoms with Crippen LogP contribution in [0.25, 0.3) is 0 Å². The fourth-order valence-corrected chi connectivity index (χ4v) is 6.28. The lowest BCUT2D eigenvalue weighted by Crippen LogP contribution is -2.47. The lowest BCUT2D eigenvalue weighted by Gasteiger charge is -2.23. The Morgan fingerprint density at radius 3 is 1.47 bits per heavy atom. The predicted octanol–water partition coefficient (Wildman–Crippen LogP) is 3.26. The van der Waals surface area contributed by atoms with E-state index in [9.17, 15) is 21.6 Å². The molecule has 0 spiro atoms. The minimum Gasteiger partial charge on any atom is -0.317 e. The second-order valence-electron chi connectivity index (χ2n) is 6.18. The first-order chi connectivity index (χ1) is 16.0. The van der Waals surface area contributed by atoms with Crippen LogP contribution in [0.4, 0.5) is 4.79 Å². The van der Waals surface area contributed by atoms with Gasteiger partial charge in [-0.05, 0) is 56.1 Å². The summed E-state index contributed by atoms with van der Waals surface area (Å²) in [5, 5.41) is 1.11. The molecule has 0 saturated heterocycles. The summed E-state index contributed by atoms with van der Waals surface area (Å²) in [6.07, 6.45) is 1.06. The predicted molar refractivity (Wildman–Crippen MR) is 130 cm³/mol. The summed E-state index contributed by atoms with van der Waals surface area (Å²) in [7, 11) is -8.33. The molecule has 11 nitrogen and oxygen atoms in total. The van der Waals surface area contributed by atoms with Crippen molar-refractivity contribution in [1.82, 2.24) is 20.0 Å². The van der Waals surface area contributed by atoms with Crippen LogP contribution in [0.3, 0.4) is 0 Å². The van der Waals surface area contributed by atoms with Gasteiger partial charge in [-0.25, -0.2) is 16.8 Å². The van der Waals surface area contributed by atoms with Crippen molar-refractivity contribution in [2.75, 3.05) is 13.1 Å². The zero-order chi connectivity index (χ0) is 25.4. The zero-order valence-electron chi connectivity index (χ0n) is 17.4. The molecule has 0 aromatic heterocycles. The molecule has 0 unspecified atom stereocenters. The minimum atomic E-state index is -4.16. The highest BCUT2D eigenvalue weighted by Crippen LogP contribution is 2.22. The Hall–Kier alpha value is -2.11. The van der Waals surface area contributed by atoms with E-state index in [1.165, 1.54) is 48.6 Å². The minimum absolute atomic E-state index is 0.115. The molecule has 0 saturated carbocycles. The number of sulfonamides is 2. The lowest BCUT2D eigenvalue weighted by atomic mass is 10.4. The van der Waals surface area contributed by atoms with E-state index in [1.807, 2.05) is 0 Å². The molecule has 0 aliphatic heterocycles. The SMILES string of the molecule is C=CCN(NS(=O)(=O)c1ccccc1Br)OC(=O)ON(CC=C)NS(=O)(=O)c1ccccc1Br. The van der Waals surface area contributed by atoms with Crippen LogP contribution in [0.2, 0.25) is 0 Å². The van der Waals surface area contributed by atoms with Gasteiger partial charge in [0.25, 0.3) is 20.0 Å². The quantitative estimate of drug-likeness (QED) is 0.265. The molecule has 2 rings (SSSR count). The van der Waals surface area contributed by atoms with Crippen LogP contribution >= 0.6 is 31.9 Å². The number of nitrogens with one attached hydrogen (secondary N) is 2. The van der Waals surface area contributed by atoms with E-state index in [1.54, 1.807) is 12.1 Å². The summed E-state index contributed by atoms with van der Waals surface area (Å²) in [5.41, 5.74) is 0. The number of halogens is 2. The molecule has 0 fully saturated rings. The van der Waals surface area contributed by atoms with Crippen LogP contribution in [-0.4, -0.2) is 46.4 Å². The molecule has 0 amide bonds. The van der Waals surface area contributed by atoms with Crippen LogP contribution in [0, 0.1) is 0 Å². The molecule has 0 radical (unpaired) electrons. The van der Waals surface area contributed by atoms with Gasteiger partial charge in [0, 0.05) is 8.95 Å². The number of hydrazine groups is 2. The summed E-state index contributed by atoms with van der Waals surface area (Å²) in [6.45, 7) is 6.42. The van der Waals surface area contributed by atoms with E-state index in [0.717, 1.165) is 0 Å². The van der Waals surface area contributed by atoms with Crippen molar-refractivity contribution in [1.29, 1.82) is 0 Å². The Labute approximate surface area is 214 Å². The highest BCUT2D eigenvalue weighted by molar-refractivity contribution is 9.10. The molecule has 0 aliphatic carbocycles. The Balaban J connectivity index is 2.13. The van der Waals surface area contributed by atoms with E-state index in [4.69, 9.17) is 9.68 Å². The Kier molecular flexibility index (Phi) is 10.4. The average Bonchev–Trinajstić information content (AvgIpc) is 2.73. The molecule has 0 atom stereocenters. The van der Waals surface area contributed by atoms with Gasteiger partial charge in [-0.15, -0.1) is 22.8 Å². The summed E-state index contributed by atoms with van der Waals surface area (Å²) >= 11 is 6.28. The maximum atomic E-state index is 12.7. The van der Waals surface area contributed by atoms with Crippen molar-refractivity contribution in [3.63, 3.8) is 0 Å². The highest BCUT2D eigenvalue weighted by Gasteiger charge is 2.26. The molecule has 2 aromatic rings. The molecule has 0 bridgehead atoms. The van der Waals surface area contributed by atoms with Crippen molar-refractivity contribution in [2.45, 2.75) is 9.79 Å². The zero-order valence-corrected chi connectivity index (χ0v) is 22.2. The third kappa shape index (κ3) is 7.99. The summed E-state index contributed by atoms with van der Waals surface area (Å²) in [5.74, 6) is 0. The molecule has 2 aromatic carbocycles. The first kappa shape index (κ1) is 28.1. The van der Waals surface area contributed by atoms with Crippen LogP contribution in [-0.2, 0) is 29.7 Å². The maximum absolute atomic E-state index is 12.7. The fourth-order valence-electron chi connectivity index (χ4n) is 2.31. The Morgan fingerprint density at radius 1 is 0.794 bits per heavy atom. The van der Waals surface area contributed by atoms with Crippen molar-refractivity contribution >= 4 is 58.1 Å². The third-order valence-corrected chi connectivity index (χ3v) is 8.32. The monoisotopic (exact) mass is 638 g/mol. The number of carbonyl (C=O) groups excluding carboxylic acids is 1. The van der Waals surface area contributed by atoms with E-state index in [-0.39, 0.29) is 31.8 Å². The van der Waals surface area contributed by atoms with E-state index < -0.39 is 26.2 Å². The van der Waals surface area contributed by atoms with Gasteiger partial charge >= 0.3 is 6.16 Å². The molecule has 0 heterocycles. The number of hydrogen-bond acceptors (Lipinski definition) is 9. The molecule has 34 heavy (non-hydrogen) atoms. The Bertz CT molecular complexity index is 1160. The van der Waals surface area contributed by atoms with Crippen LogP contribution in [0.1, 0.15) is 0 Å². The number of benzene rings is 2. The highest BCUT2D eigenvalue weighted by atomic mass is 79.9. The first-order valence-electron chi connectivity index (χ1n) is 9.21.